The molecule has 5 nitrogen and oxygen atoms in total. The van der Waals surface area contributed by atoms with Gasteiger partial charge in [-0.1, -0.05) is 26.7 Å². The van der Waals surface area contributed by atoms with Crippen molar-refractivity contribution < 1.29 is 33.0 Å². The van der Waals surface area contributed by atoms with Crippen molar-refractivity contribution in [2.24, 2.45) is 5.92 Å². The van der Waals surface area contributed by atoms with Gasteiger partial charge in [-0.15, -0.1) is 0 Å². The lowest BCUT2D eigenvalue weighted by molar-refractivity contribution is -0.170. The van der Waals surface area contributed by atoms with Crippen LogP contribution in [0, 0.1) is 13.1 Å². The van der Waals surface area contributed by atoms with Crippen LogP contribution in [0.3, 0.4) is 0 Å². The number of hydrogen-bond donors (Lipinski definition) is 1. The van der Waals surface area contributed by atoms with Crippen LogP contribution in [0.2, 0.25) is 0 Å². The molecule has 152 valence electrons. The normalized spacial score (nSPS) is 11.5. The van der Waals surface area contributed by atoms with E-state index in [0.717, 1.165) is 25.7 Å². The Kier molecular flexibility index (Phi) is 10.2. The van der Waals surface area contributed by atoms with Gasteiger partial charge in [0.25, 0.3) is 0 Å². The Bertz CT molecular complexity index is 661. The van der Waals surface area contributed by atoms with Gasteiger partial charge in [0.1, 0.15) is 11.3 Å². The fraction of sp³-hybridized carbons (Fsp3) is 0.556. The molecule has 0 aromatic heterocycles. The first-order valence-electron chi connectivity index (χ1n) is 8.52. The minimum absolute atomic E-state index is 0.0132. The Morgan fingerprint density at radius 1 is 1.19 bits per heavy atom. The molecule has 9 heteroatoms. The van der Waals surface area contributed by atoms with Gasteiger partial charge in [-0.05, 0) is 76.1 Å². The second-order valence-electron chi connectivity index (χ2n) is 6.10. The van der Waals surface area contributed by atoms with E-state index >= 15 is 0 Å². The second kappa shape index (κ2) is 11.3. The Morgan fingerprint density at radius 2 is 1.78 bits per heavy atom. The number of hydrogen-bond acceptors (Lipinski definition) is 4. The van der Waals surface area contributed by atoms with Crippen LogP contribution in [0.25, 0.3) is 0 Å². The number of aliphatic carboxylic acids is 1. The standard InChI is InChI=1S/C18H22F2I2O5/c1-3-5-11(6-4-2)9-26-15-13(7-12(21)8-14(15)22)16(23)27-10-18(19,20)17(24)25/h7-8,11H,3-6,9-10H2,1-2H3,(H,24,25). The van der Waals surface area contributed by atoms with Gasteiger partial charge in [0, 0.05) is 3.57 Å². The summed E-state index contributed by atoms with van der Waals surface area (Å²) in [7, 11) is 0. The average Bonchev–Trinajstić information content (AvgIpc) is 2.58. The molecule has 0 bridgehead atoms. The first-order chi connectivity index (χ1) is 12.6. The zero-order chi connectivity index (χ0) is 20.6. The largest absolute Gasteiger partial charge is 0.491 e. The highest BCUT2D eigenvalue weighted by molar-refractivity contribution is 14.1. The molecule has 0 amide bonds. The van der Waals surface area contributed by atoms with E-state index in [9.17, 15) is 18.4 Å². The molecular weight excluding hydrogens is 588 g/mol. The van der Waals surface area contributed by atoms with Crippen LogP contribution in [0.1, 0.15) is 49.9 Å². The molecule has 1 aromatic rings. The molecule has 0 aliphatic rings. The lowest BCUT2D eigenvalue weighted by Crippen LogP contribution is -2.34. The van der Waals surface area contributed by atoms with Crippen LogP contribution in [0.15, 0.2) is 12.1 Å². The summed E-state index contributed by atoms with van der Waals surface area (Å²) in [5, 5.41) is 8.45. The quantitative estimate of drug-likeness (QED) is 0.270. The van der Waals surface area contributed by atoms with Crippen molar-refractivity contribution in [1.82, 2.24) is 0 Å². The number of halogens is 4. The van der Waals surface area contributed by atoms with E-state index in [1.807, 2.05) is 45.2 Å². The van der Waals surface area contributed by atoms with Crippen molar-refractivity contribution in [2.75, 3.05) is 13.2 Å². The zero-order valence-electron chi connectivity index (χ0n) is 15.1. The van der Waals surface area contributed by atoms with E-state index in [4.69, 9.17) is 9.84 Å². The van der Waals surface area contributed by atoms with E-state index < -0.39 is 24.5 Å². The van der Waals surface area contributed by atoms with Gasteiger partial charge in [0.2, 0.25) is 0 Å². The summed E-state index contributed by atoms with van der Waals surface area (Å²) in [6.45, 7) is 3.05. The number of carbonyl (C=O) groups is 2. The summed E-state index contributed by atoms with van der Waals surface area (Å²) in [6, 6.07) is 3.28. The molecule has 1 rings (SSSR count). The minimum Gasteiger partial charge on any atom is -0.491 e. The number of alkyl halides is 2. The van der Waals surface area contributed by atoms with Gasteiger partial charge in [-0.3, -0.25) is 0 Å². The number of ether oxygens (including phenoxy) is 2. The first-order valence-corrected chi connectivity index (χ1v) is 10.7. The molecule has 0 aliphatic carbocycles. The van der Waals surface area contributed by atoms with Crippen LogP contribution in [-0.4, -0.2) is 36.2 Å². The molecule has 0 heterocycles. The van der Waals surface area contributed by atoms with Crippen molar-refractivity contribution >= 4 is 57.1 Å². The molecule has 1 N–H and O–H groups in total. The second-order valence-corrected chi connectivity index (χ2v) is 8.51. The van der Waals surface area contributed by atoms with E-state index in [0.29, 0.717) is 19.7 Å². The summed E-state index contributed by atoms with van der Waals surface area (Å²) in [5.41, 5.74) is 0.0132. The van der Waals surface area contributed by atoms with Gasteiger partial charge < -0.3 is 14.6 Å². The fourth-order valence-corrected chi connectivity index (χ4v) is 4.48. The van der Waals surface area contributed by atoms with Crippen LogP contribution >= 0.6 is 45.2 Å². The molecule has 0 saturated heterocycles. The average molecular weight is 610 g/mol. The van der Waals surface area contributed by atoms with Crippen molar-refractivity contribution in [2.45, 2.75) is 45.5 Å². The summed E-state index contributed by atoms with van der Waals surface area (Å²) in [6.07, 6.45) is 3.99. The van der Waals surface area contributed by atoms with Crippen molar-refractivity contribution in [1.29, 1.82) is 0 Å². The summed E-state index contributed by atoms with van der Waals surface area (Å²) >= 11 is 4.00. The smallest absolute Gasteiger partial charge is 0.378 e. The number of benzene rings is 1. The molecule has 0 unspecified atom stereocenters. The predicted molar refractivity (Wildman–Crippen MR) is 114 cm³/mol. The lowest BCUT2D eigenvalue weighted by Gasteiger charge is -2.19. The van der Waals surface area contributed by atoms with Crippen molar-refractivity contribution in [3.05, 3.63) is 24.8 Å². The molecule has 0 spiro atoms. The van der Waals surface area contributed by atoms with Gasteiger partial charge in [-0.2, -0.15) is 8.78 Å². The third-order valence-electron chi connectivity index (χ3n) is 3.78. The van der Waals surface area contributed by atoms with Crippen LogP contribution in [0.5, 0.6) is 5.75 Å². The maximum atomic E-state index is 13.2. The highest BCUT2D eigenvalue weighted by atomic mass is 127. The number of rotatable bonds is 11. The lowest BCUT2D eigenvalue weighted by atomic mass is 9.99. The Balaban J connectivity index is 2.99. The highest BCUT2D eigenvalue weighted by Gasteiger charge is 2.41. The number of carboxylic acid groups (broad SMARTS) is 1. The first kappa shape index (κ1) is 24.3. The molecular formula is C18H22F2I2O5. The van der Waals surface area contributed by atoms with E-state index in [1.54, 1.807) is 6.07 Å². The van der Waals surface area contributed by atoms with Crippen LogP contribution in [0.4, 0.5) is 8.78 Å². The predicted octanol–water partition coefficient (Wildman–Crippen LogP) is 5.37. The summed E-state index contributed by atoms with van der Waals surface area (Å²) in [4.78, 5) is 22.8. The van der Waals surface area contributed by atoms with Crippen molar-refractivity contribution in [3.63, 3.8) is 0 Å². The van der Waals surface area contributed by atoms with E-state index in [2.05, 4.69) is 18.6 Å². The zero-order valence-corrected chi connectivity index (χ0v) is 19.4. The van der Waals surface area contributed by atoms with E-state index in [-0.39, 0.29) is 11.3 Å². The Hall–Kier alpha value is -0.720. The third kappa shape index (κ3) is 7.66. The van der Waals surface area contributed by atoms with Crippen molar-refractivity contribution in [3.8, 4) is 5.75 Å². The SMILES string of the molecule is CCCC(CCC)COc1c(I)cc(I)cc1C(=O)OCC(F)(F)C(=O)O. The molecule has 0 aliphatic heterocycles. The van der Waals surface area contributed by atoms with Gasteiger partial charge >= 0.3 is 17.9 Å². The minimum atomic E-state index is -4.14. The Labute approximate surface area is 184 Å². The molecule has 0 fully saturated rings. The fourth-order valence-electron chi connectivity index (χ4n) is 2.48. The maximum absolute atomic E-state index is 13.2. The molecule has 1 aromatic carbocycles. The van der Waals surface area contributed by atoms with Crippen LogP contribution < -0.4 is 4.74 Å². The molecule has 0 saturated carbocycles. The third-order valence-corrected chi connectivity index (χ3v) is 5.21. The highest BCUT2D eigenvalue weighted by Crippen LogP contribution is 2.30. The topological polar surface area (TPSA) is 72.8 Å². The molecule has 0 radical (unpaired) electrons. The maximum Gasteiger partial charge on any atom is 0.378 e. The summed E-state index contributed by atoms with van der Waals surface area (Å²) < 4.78 is 38.2. The van der Waals surface area contributed by atoms with E-state index in [1.165, 1.54) is 6.07 Å². The summed E-state index contributed by atoms with van der Waals surface area (Å²) in [5.74, 6) is -6.91. The number of carbonyl (C=O) groups excluding carboxylic acids is 1. The number of esters is 1. The van der Waals surface area contributed by atoms with Gasteiger partial charge in [-0.25, -0.2) is 9.59 Å². The van der Waals surface area contributed by atoms with Gasteiger partial charge in [0.15, 0.2) is 6.61 Å². The number of carboxylic acids is 1. The molecule has 0 atom stereocenters. The monoisotopic (exact) mass is 610 g/mol. The molecule has 27 heavy (non-hydrogen) atoms. The van der Waals surface area contributed by atoms with Crippen LogP contribution in [-0.2, 0) is 9.53 Å². The van der Waals surface area contributed by atoms with Gasteiger partial charge in [0.05, 0.1) is 10.2 Å². The Morgan fingerprint density at radius 3 is 2.30 bits per heavy atom.